The fourth-order valence-electron chi connectivity index (χ4n) is 3.76. The number of Topliss-reactive ketones (excluding diaryl/α,β-unsaturated/α-hetero) is 1. The monoisotopic (exact) mass is 251 g/mol. The molecule has 2 aliphatic carbocycles. The Morgan fingerprint density at radius 2 is 1.78 bits per heavy atom. The molecular weight excluding hydrogens is 222 g/mol. The Balaban J connectivity index is 1.87. The minimum Gasteiger partial charge on any atom is -0.325 e. The lowest BCUT2D eigenvalue weighted by Crippen LogP contribution is -2.45. The van der Waals surface area contributed by atoms with Gasteiger partial charge in [-0.2, -0.15) is 0 Å². The zero-order valence-electron chi connectivity index (χ0n) is 12.1. The van der Waals surface area contributed by atoms with Gasteiger partial charge in [0.1, 0.15) is 5.78 Å². The van der Waals surface area contributed by atoms with Crippen molar-refractivity contribution in [3.8, 4) is 0 Å². The molecule has 104 valence electrons. The minimum atomic E-state index is -0.165. The zero-order valence-corrected chi connectivity index (χ0v) is 12.1. The molecule has 2 aliphatic rings. The number of ketones is 1. The molecule has 2 N–H and O–H groups in total. The summed E-state index contributed by atoms with van der Waals surface area (Å²) in [4.78, 5) is 12.4. The normalized spacial score (nSPS) is 36.3. The summed E-state index contributed by atoms with van der Waals surface area (Å²) in [5, 5.41) is 0. The molecule has 3 unspecified atom stereocenters. The summed E-state index contributed by atoms with van der Waals surface area (Å²) in [6.45, 7) is 4.61. The van der Waals surface area contributed by atoms with E-state index in [2.05, 4.69) is 13.8 Å². The van der Waals surface area contributed by atoms with Gasteiger partial charge >= 0.3 is 0 Å². The Morgan fingerprint density at radius 1 is 1.11 bits per heavy atom. The number of hydrogen-bond acceptors (Lipinski definition) is 2. The van der Waals surface area contributed by atoms with Gasteiger partial charge in [0.15, 0.2) is 0 Å². The minimum absolute atomic E-state index is 0.165. The van der Waals surface area contributed by atoms with Gasteiger partial charge in [0.25, 0.3) is 0 Å². The van der Waals surface area contributed by atoms with Crippen LogP contribution in [0.5, 0.6) is 0 Å². The molecule has 0 amide bonds. The van der Waals surface area contributed by atoms with E-state index < -0.39 is 0 Å². The van der Waals surface area contributed by atoms with Crippen LogP contribution in [0.2, 0.25) is 0 Å². The molecule has 18 heavy (non-hydrogen) atoms. The van der Waals surface area contributed by atoms with E-state index in [1.54, 1.807) is 0 Å². The standard InChI is InChI=1S/C16H29NO/c1-12-6-7-14(10-13(12)2)15(18)11-16(17)8-4-3-5-9-16/h12-14H,3-11,17H2,1-2H3. The molecule has 0 bridgehead atoms. The van der Waals surface area contributed by atoms with Crippen LogP contribution in [0.4, 0.5) is 0 Å². The van der Waals surface area contributed by atoms with Crippen molar-refractivity contribution in [1.82, 2.24) is 0 Å². The lowest BCUT2D eigenvalue weighted by molar-refractivity contribution is -0.126. The summed E-state index contributed by atoms with van der Waals surface area (Å²) < 4.78 is 0. The van der Waals surface area contributed by atoms with Crippen molar-refractivity contribution in [2.75, 3.05) is 0 Å². The molecule has 2 heteroatoms. The third-order valence-electron chi connectivity index (χ3n) is 5.43. The Labute approximate surface area is 112 Å². The summed E-state index contributed by atoms with van der Waals surface area (Å²) in [7, 11) is 0. The van der Waals surface area contributed by atoms with Crippen LogP contribution in [0.1, 0.15) is 71.6 Å². The van der Waals surface area contributed by atoms with E-state index in [0.717, 1.165) is 31.6 Å². The quantitative estimate of drug-likeness (QED) is 0.831. The first-order chi connectivity index (χ1) is 8.50. The van der Waals surface area contributed by atoms with Crippen molar-refractivity contribution < 1.29 is 4.79 Å². The van der Waals surface area contributed by atoms with Gasteiger partial charge in [-0.3, -0.25) is 4.79 Å². The summed E-state index contributed by atoms with van der Waals surface area (Å²) >= 11 is 0. The Morgan fingerprint density at radius 3 is 2.39 bits per heavy atom. The Hall–Kier alpha value is -0.370. The Bertz CT molecular complexity index is 293. The van der Waals surface area contributed by atoms with E-state index in [1.807, 2.05) is 0 Å². The second-order valence-corrected chi connectivity index (χ2v) is 7.03. The molecule has 0 spiro atoms. The third-order valence-corrected chi connectivity index (χ3v) is 5.43. The highest BCUT2D eigenvalue weighted by atomic mass is 16.1. The molecule has 0 aliphatic heterocycles. The summed E-state index contributed by atoms with van der Waals surface area (Å²) in [6, 6.07) is 0. The van der Waals surface area contributed by atoms with Crippen LogP contribution in [-0.2, 0) is 4.79 Å². The van der Waals surface area contributed by atoms with Gasteiger partial charge in [0.05, 0.1) is 0 Å². The maximum atomic E-state index is 12.4. The topological polar surface area (TPSA) is 43.1 Å². The SMILES string of the molecule is CC1CCC(C(=O)CC2(N)CCCCC2)CC1C. The van der Waals surface area contributed by atoms with Gasteiger partial charge in [-0.15, -0.1) is 0 Å². The van der Waals surface area contributed by atoms with Gasteiger partial charge < -0.3 is 5.73 Å². The molecule has 2 rings (SSSR count). The third kappa shape index (κ3) is 3.34. The molecule has 3 atom stereocenters. The van der Waals surface area contributed by atoms with Crippen LogP contribution in [0.3, 0.4) is 0 Å². The summed E-state index contributed by atoms with van der Waals surface area (Å²) in [6.07, 6.45) is 9.87. The highest BCUT2D eigenvalue weighted by molar-refractivity contribution is 5.82. The average molecular weight is 251 g/mol. The van der Waals surface area contributed by atoms with Gasteiger partial charge in [-0.25, -0.2) is 0 Å². The van der Waals surface area contributed by atoms with E-state index in [0.29, 0.717) is 24.0 Å². The lowest BCUT2D eigenvalue weighted by atomic mass is 9.71. The molecule has 0 aromatic carbocycles. The largest absolute Gasteiger partial charge is 0.325 e. The van der Waals surface area contributed by atoms with Crippen LogP contribution < -0.4 is 5.73 Å². The summed E-state index contributed by atoms with van der Waals surface area (Å²) in [5.74, 6) is 2.25. The number of carbonyl (C=O) groups is 1. The molecule has 2 saturated carbocycles. The van der Waals surface area contributed by atoms with E-state index in [4.69, 9.17) is 5.73 Å². The first-order valence-corrected chi connectivity index (χ1v) is 7.82. The fourth-order valence-corrected chi connectivity index (χ4v) is 3.76. The van der Waals surface area contributed by atoms with Crippen LogP contribution >= 0.6 is 0 Å². The van der Waals surface area contributed by atoms with Crippen molar-refractivity contribution in [2.45, 2.75) is 77.2 Å². The average Bonchev–Trinajstić information content (AvgIpc) is 2.33. The van der Waals surface area contributed by atoms with Crippen LogP contribution in [0.15, 0.2) is 0 Å². The van der Waals surface area contributed by atoms with Gasteiger partial charge in [-0.1, -0.05) is 33.1 Å². The molecule has 2 fully saturated rings. The highest BCUT2D eigenvalue weighted by Crippen LogP contribution is 2.36. The van der Waals surface area contributed by atoms with Gasteiger partial charge in [0, 0.05) is 17.9 Å². The van der Waals surface area contributed by atoms with Crippen molar-refractivity contribution >= 4 is 5.78 Å². The maximum absolute atomic E-state index is 12.4. The molecule has 2 nitrogen and oxygen atoms in total. The van der Waals surface area contributed by atoms with E-state index in [9.17, 15) is 4.79 Å². The van der Waals surface area contributed by atoms with E-state index >= 15 is 0 Å². The second kappa shape index (κ2) is 5.73. The van der Waals surface area contributed by atoms with E-state index in [1.165, 1.54) is 25.7 Å². The molecule has 0 radical (unpaired) electrons. The second-order valence-electron chi connectivity index (χ2n) is 7.03. The molecule has 0 aromatic rings. The lowest BCUT2D eigenvalue weighted by Gasteiger charge is -2.36. The maximum Gasteiger partial charge on any atom is 0.137 e. The predicted octanol–water partition coefficient (Wildman–Crippen LogP) is 3.68. The highest BCUT2D eigenvalue weighted by Gasteiger charge is 2.35. The Kier molecular flexibility index (Phi) is 4.47. The first kappa shape index (κ1) is 14.0. The van der Waals surface area contributed by atoms with Crippen molar-refractivity contribution in [3.05, 3.63) is 0 Å². The van der Waals surface area contributed by atoms with Crippen LogP contribution in [0.25, 0.3) is 0 Å². The summed E-state index contributed by atoms with van der Waals surface area (Å²) in [5.41, 5.74) is 6.24. The van der Waals surface area contributed by atoms with Crippen LogP contribution in [0, 0.1) is 17.8 Å². The van der Waals surface area contributed by atoms with E-state index in [-0.39, 0.29) is 5.54 Å². The van der Waals surface area contributed by atoms with Crippen molar-refractivity contribution in [1.29, 1.82) is 0 Å². The number of hydrogen-bond donors (Lipinski definition) is 1. The van der Waals surface area contributed by atoms with Crippen molar-refractivity contribution in [2.24, 2.45) is 23.5 Å². The number of rotatable bonds is 3. The number of carbonyl (C=O) groups excluding carboxylic acids is 1. The molecule has 0 saturated heterocycles. The van der Waals surface area contributed by atoms with Gasteiger partial charge in [0.2, 0.25) is 0 Å². The predicted molar refractivity (Wildman–Crippen MR) is 75.3 cm³/mol. The number of nitrogens with two attached hydrogens (primary N) is 1. The zero-order chi connectivity index (χ0) is 13.2. The first-order valence-electron chi connectivity index (χ1n) is 7.82. The smallest absolute Gasteiger partial charge is 0.137 e. The fraction of sp³-hybridized carbons (Fsp3) is 0.938. The molecule has 0 aromatic heterocycles. The molecule has 0 heterocycles. The van der Waals surface area contributed by atoms with Crippen molar-refractivity contribution in [3.63, 3.8) is 0 Å². The van der Waals surface area contributed by atoms with Gasteiger partial charge in [-0.05, 0) is 43.9 Å². The molecular formula is C16H29NO. The van der Waals surface area contributed by atoms with Crippen LogP contribution in [-0.4, -0.2) is 11.3 Å².